The summed E-state index contributed by atoms with van der Waals surface area (Å²) >= 11 is 0. The number of carbonyl (C=O) groups is 3. The number of amides is 2. The Balaban J connectivity index is 1.60. The van der Waals surface area contributed by atoms with Gasteiger partial charge >= 0.3 is 0 Å². The highest BCUT2D eigenvalue weighted by atomic mass is 16.6. The highest BCUT2D eigenvalue weighted by molar-refractivity contribution is 6.25. The van der Waals surface area contributed by atoms with Crippen LogP contribution in [0.4, 0.5) is 11.4 Å². The van der Waals surface area contributed by atoms with Crippen LogP contribution < -0.4 is 4.90 Å². The van der Waals surface area contributed by atoms with Crippen molar-refractivity contribution in [3.8, 4) is 0 Å². The van der Waals surface area contributed by atoms with Crippen molar-refractivity contribution in [2.75, 3.05) is 4.90 Å². The molecule has 1 aliphatic heterocycles. The largest absolute Gasteiger partial charge is 0.302 e. The van der Waals surface area contributed by atoms with E-state index in [1.807, 2.05) is 48.5 Å². The molecule has 0 spiro atoms. The third-order valence-electron chi connectivity index (χ3n) is 7.50. The molecule has 0 N–H and O–H groups in total. The lowest BCUT2D eigenvalue weighted by molar-refractivity contribution is -0.384. The fourth-order valence-corrected chi connectivity index (χ4v) is 6.27. The first-order chi connectivity index (χ1) is 15.9. The lowest BCUT2D eigenvalue weighted by Gasteiger charge is -2.51. The smallest absolute Gasteiger partial charge is 0.269 e. The van der Waals surface area contributed by atoms with Crippen molar-refractivity contribution in [2.45, 2.75) is 18.3 Å². The van der Waals surface area contributed by atoms with Gasteiger partial charge in [0.05, 0.1) is 27.9 Å². The average Bonchev–Trinajstić information content (AvgIpc) is 3.10. The maximum atomic E-state index is 13.9. The first kappa shape index (κ1) is 19.5. The van der Waals surface area contributed by atoms with E-state index < -0.39 is 28.1 Å². The molecule has 7 rings (SSSR count). The number of aryl methyl sites for hydroxylation is 1. The average molecular weight is 438 g/mol. The van der Waals surface area contributed by atoms with Gasteiger partial charge in [-0.05, 0) is 40.8 Å². The Hall–Kier alpha value is -4.13. The van der Waals surface area contributed by atoms with Crippen molar-refractivity contribution < 1.29 is 19.3 Å². The van der Waals surface area contributed by atoms with Crippen LogP contribution in [0, 0.1) is 28.9 Å². The number of carbonyl (C=O) groups excluding carboxylic acids is 3. The van der Waals surface area contributed by atoms with Gasteiger partial charge in [-0.2, -0.15) is 0 Å². The van der Waals surface area contributed by atoms with E-state index in [4.69, 9.17) is 0 Å². The fourth-order valence-electron chi connectivity index (χ4n) is 6.27. The second kappa shape index (κ2) is 6.45. The molecule has 3 aromatic rings. The van der Waals surface area contributed by atoms with Gasteiger partial charge in [-0.25, -0.2) is 4.90 Å². The monoisotopic (exact) mass is 438 g/mol. The van der Waals surface area contributed by atoms with Crippen LogP contribution in [0.3, 0.4) is 0 Å². The molecule has 7 heteroatoms. The Labute approximate surface area is 188 Å². The molecule has 2 amide bonds. The number of nitro benzene ring substituents is 1. The molecule has 1 saturated heterocycles. The van der Waals surface area contributed by atoms with Crippen molar-refractivity contribution in [1.82, 2.24) is 0 Å². The van der Waals surface area contributed by atoms with Gasteiger partial charge in [-0.3, -0.25) is 19.7 Å². The lowest BCUT2D eigenvalue weighted by atomic mass is 9.48. The summed E-state index contributed by atoms with van der Waals surface area (Å²) in [5.41, 5.74) is 2.73. The molecule has 4 aliphatic rings. The van der Waals surface area contributed by atoms with Crippen molar-refractivity contribution >= 4 is 29.5 Å². The number of imide groups is 1. The van der Waals surface area contributed by atoms with Crippen LogP contribution in [0.1, 0.15) is 33.7 Å². The van der Waals surface area contributed by atoms with Crippen LogP contribution in [0.2, 0.25) is 0 Å². The summed E-state index contributed by atoms with van der Waals surface area (Å²) < 4.78 is 0. The second-order valence-electron chi connectivity index (χ2n) is 8.88. The summed E-state index contributed by atoms with van der Waals surface area (Å²) in [6.45, 7) is 1.64. The van der Waals surface area contributed by atoms with E-state index in [1.54, 1.807) is 6.92 Å². The van der Waals surface area contributed by atoms with Gasteiger partial charge in [0.25, 0.3) is 5.69 Å². The summed E-state index contributed by atoms with van der Waals surface area (Å²) in [7, 11) is 0. The van der Waals surface area contributed by atoms with Crippen molar-refractivity contribution in [3.63, 3.8) is 0 Å². The molecule has 3 aliphatic carbocycles. The lowest BCUT2D eigenvalue weighted by Crippen LogP contribution is -2.54. The van der Waals surface area contributed by atoms with Gasteiger partial charge in [0.2, 0.25) is 11.8 Å². The molecule has 0 unspecified atom stereocenters. The molecule has 162 valence electrons. The number of hydrogen-bond donors (Lipinski definition) is 0. The van der Waals surface area contributed by atoms with E-state index in [0.717, 1.165) is 33.4 Å². The van der Waals surface area contributed by atoms with E-state index in [-0.39, 0.29) is 17.5 Å². The van der Waals surface area contributed by atoms with Crippen LogP contribution in [0.25, 0.3) is 0 Å². The number of aldehydes is 1. The van der Waals surface area contributed by atoms with Crippen LogP contribution >= 0.6 is 0 Å². The van der Waals surface area contributed by atoms with Crippen molar-refractivity contribution in [1.29, 1.82) is 0 Å². The van der Waals surface area contributed by atoms with E-state index in [1.165, 1.54) is 18.2 Å². The maximum absolute atomic E-state index is 13.9. The van der Waals surface area contributed by atoms with Crippen LogP contribution in [0.5, 0.6) is 0 Å². The van der Waals surface area contributed by atoms with Crippen molar-refractivity contribution in [2.24, 2.45) is 11.8 Å². The predicted octanol–water partition coefficient (Wildman–Crippen LogP) is 3.65. The number of benzene rings is 3. The number of nitro groups is 1. The first-order valence-electron chi connectivity index (χ1n) is 10.7. The standard InChI is InChI=1S/C26H18N2O5/c1-14-12-15(28(32)33)10-11-20(14)27-24(30)22-21-16-6-2-4-8-18(16)26(13-29,23(22)25(27)31)19-9-5-3-7-17(19)21/h2-13,21-23H,1H3/t21?,22-,23-,26?/m0/s1. The van der Waals surface area contributed by atoms with Gasteiger partial charge in [0, 0.05) is 18.1 Å². The van der Waals surface area contributed by atoms with Gasteiger partial charge in [0.1, 0.15) is 6.29 Å². The van der Waals surface area contributed by atoms with Crippen LogP contribution in [-0.4, -0.2) is 23.0 Å². The van der Waals surface area contributed by atoms with Gasteiger partial charge in [-0.1, -0.05) is 48.5 Å². The Morgan fingerprint density at radius 3 is 2.09 bits per heavy atom. The number of nitrogens with zero attached hydrogens (tertiary/aromatic N) is 2. The number of non-ortho nitro benzene ring substituents is 1. The van der Waals surface area contributed by atoms with Gasteiger partial charge < -0.3 is 4.79 Å². The summed E-state index contributed by atoms with van der Waals surface area (Å²) in [6, 6.07) is 19.2. The second-order valence-corrected chi connectivity index (χ2v) is 8.88. The molecule has 7 nitrogen and oxygen atoms in total. The zero-order chi connectivity index (χ0) is 23.1. The topological polar surface area (TPSA) is 97.6 Å². The molecule has 2 bridgehead atoms. The number of anilines is 1. The minimum Gasteiger partial charge on any atom is -0.302 e. The zero-order valence-corrected chi connectivity index (χ0v) is 17.6. The minimum atomic E-state index is -1.26. The maximum Gasteiger partial charge on any atom is 0.269 e. The molecular weight excluding hydrogens is 420 g/mol. The molecule has 1 fully saturated rings. The Kier molecular flexibility index (Phi) is 3.82. The molecular formula is C26H18N2O5. The highest BCUT2D eigenvalue weighted by Gasteiger charge is 2.68. The van der Waals surface area contributed by atoms with Crippen molar-refractivity contribution in [3.05, 3.63) is 105 Å². The van der Waals surface area contributed by atoms with Crippen LogP contribution in [0.15, 0.2) is 66.7 Å². The van der Waals surface area contributed by atoms with E-state index in [0.29, 0.717) is 11.3 Å². The molecule has 0 radical (unpaired) electrons. The highest BCUT2D eigenvalue weighted by Crippen LogP contribution is 2.63. The van der Waals surface area contributed by atoms with E-state index in [2.05, 4.69) is 0 Å². The molecule has 0 aromatic heterocycles. The summed E-state index contributed by atoms with van der Waals surface area (Å²) in [4.78, 5) is 52.5. The molecule has 0 saturated carbocycles. The quantitative estimate of drug-likeness (QED) is 0.269. The molecule has 2 atom stereocenters. The Morgan fingerprint density at radius 2 is 1.55 bits per heavy atom. The predicted molar refractivity (Wildman–Crippen MR) is 119 cm³/mol. The zero-order valence-electron chi connectivity index (χ0n) is 17.6. The summed E-state index contributed by atoms with van der Waals surface area (Å²) in [5.74, 6) is -2.75. The summed E-state index contributed by atoms with van der Waals surface area (Å²) in [5, 5.41) is 11.2. The SMILES string of the molecule is Cc1cc([N+](=O)[O-])ccc1N1C(=O)[C@@H]2[C@@H](C1=O)C1c3ccccc3C2(C=O)c2ccccc21. The van der Waals surface area contributed by atoms with E-state index in [9.17, 15) is 24.5 Å². The van der Waals surface area contributed by atoms with Gasteiger partial charge in [-0.15, -0.1) is 0 Å². The number of rotatable bonds is 3. The fraction of sp³-hybridized carbons (Fsp3) is 0.192. The Bertz CT molecular complexity index is 1360. The first-order valence-corrected chi connectivity index (χ1v) is 10.7. The molecule has 3 aromatic carbocycles. The normalized spacial score (nSPS) is 26.6. The minimum absolute atomic E-state index is 0.114. The van der Waals surface area contributed by atoms with Crippen LogP contribution in [-0.2, 0) is 19.8 Å². The van der Waals surface area contributed by atoms with Gasteiger partial charge in [0.15, 0.2) is 0 Å². The molecule has 1 heterocycles. The molecule has 33 heavy (non-hydrogen) atoms. The third-order valence-corrected chi connectivity index (χ3v) is 7.50. The number of hydrogen-bond acceptors (Lipinski definition) is 5. The third kappa shape index (κ3) is 2.21. The van der Waals surface area contributed by atoms with E-state index >= 15 is 0 Å². The summed E-state index contributed by atoms with van der Waals surface area (Å²) in [6.07, 6.45) is 0.828. The Morgan fingerprint density at radius 1 is 0.939 bits per heavy atom.